The predicted octanol–water partition coefficient (Wildman–Crippen LogP) is 1.33. The number of hydrogen-bond acceptors (Lipinski definition) is 3. The summed E-state index contributed by atoms with van der Waals surface area (Å²) in [6.45, 7) is 1.21. The number of nitrogens with zero attached hydrogens (tertiary/aromatic N) is 2. The van der Waals surface area contributed by atoms with Crippen LogP contribution in [0.25, 0.3) is 0 Å². The molecule has 0 spiro atoms. The zero-order valence-electron chi connectivity index (χ0n) is 6.45. The van der Waals surface area contributed by atoms with Crippen LogP contribution in [0.15, 0.2) is 6.20 Å². The molecule has 0 saturated heterocycles. The first-order valence-electron chi connectivity index (χ1n) is 3.17. The van der Waals surface area contributed by atoms with Gasteiger partial charge in [0, 0.05) is 0 Å². The van der Waals surface area contributed by atoms with Crippen LogP contribution in [0.1, 0.15) is 5.56 Å². The van der Waals surface area contributed by atoms with Crippen molar-refractivity contribution in [1.82, 2.24) is 0 Å². The lowest BCUT2D eigenvalue weighted by Crippen LogP contribution is -2.29. The Morgan fingerprint density at radius 2 is 2.23 bits per heavy atom. The summed E-state index contributed by atoms with van der Waals surface area (Å²) in [6, 6.07) is 0. The maximum absolute atomic E-state index is 12.8. The molecule has 1 aromatic heterocycles. The van der Waals surface area contributed by atoms with E-state index in [1.54, 1.807) is 0 Å². The van der Waals surface area contributed by atoms with E-state index in [9.17, 15) is 19.7 Å². The first-order chi connectivity index (χ1) is 5.95. The highest BCUT2D eigenvalue weighted by atomic mass is 35.5. The van der Waals surface area contributed by atoms with Crippen LogP contribution in [0.4, 0.5) is 10.1 Å². The van der Waals surface area contributed by atoms with Gasteiger partial charge in [0.15, 0.2) is 0 Å². The molecular weight excluding hydrogens is 203 g/mol. The van der Waals surface area contributed by atoms with E-state index < -0.39 is 21.6 Å². The van der Waals surface area contributed by atoms with E-state index in [-0.39, 0.29) is 10.3 Å². The third-order valence-electron chi connectivity index (χ3n) is 1.50. The fraction of sp³-hybridized carbons (Fsp3) is 0.167. The summed E-state index contributed by atoms with van der Waals surface area (Å²) in [5, 5.41) is 20.7. The summed E-state index contributed by atoms with van der Waals surface area (Å²) in [6.07, 6.45) is 0.424. The molecule has 5 nitrogen and oxygen atoms in total. The molecule has 0 radical (unpaired) electrons. The van der Waals surface area contributed by atoms with Crippen LogP contribution in [-0.2, 0) is 0 Å². The lowest BCUT2D eigenvalue weighted by atomic mass is 10.2. The van der Waals surface area contributed by atoms with Crippen molar-refractivity contribution >= 4 is 17.3 Å². The second-order valence-corrected chi connectivity index (χ2v) is 2.68. The van der Waals surface area contributed by atoms with Gasteiger partial charge in [-0.25, -0.2) is 0 Å². The summed E-state index contributed by atoms with van der Waals surface area (Å²) < 4.78 is 12.9. The number of aromatic nitrogens is 1. The lowest BCUT2D eigenvalue weighted by Gasteiger charge is -2.02. The fourth-order valence-electron chi connectivity index (χ4n) is 0.887. The standard InChI is InChI=1S/C6H4ClFN2O3/c1-3-5(10(12)13)4(8)2-9(11)6(3)7/h2H,1H3. The molecular formula is C6H4ClFN2O3. The van der Waals surface area contributed by atoms with Gasteiger partial charge < -0.3 is 5.21 Å². The molecule has 13 heavy (non-hydrogen) atoms. The van der Waals surface area contributed by atoms with Crippen molar-refractivity contribution in [3.8, 4) is 0 Å². The molecule has 0 fully saturated rings. The van der Waals surface area contributed by atoms with Gasteiger partial charge in [-0.2, -0.15) is 9.12 Å². The summed E-state index contributed by atoms with van der Waals surface area (Å²) in [5.41, 5.74) is -0.946. The van der Waals surface area contributed by atoms with Gasteiger partial charge in [0.05, 0.1) is 4.92 Å². The molecule has 0 aliphatic rings. The van der Waals surface area contributed by atoms with Crippen molar-refractivity contribution in [2.75, 3.05) is 0 Å². The molecule has 1 rings (SSSR count). The van der Waals surface area contributed by atoms with Crippen LogP contribution in [-0.4, -0.2) is 4.92 Å². The van der Waals surface area contributed by atoms with E-state index in [1.807, 2.05) is 0 Å². The zero-order valence-corrected chi connectivity index (χ0v) is 7.21. The van der Waals surface area contributed by atoms with Crippen LogP contribution in [0.3, 0.4) is 0 Å². The van der Waals surface area contributed by atoms with Crippen molar-refractivity contribution < 1.29 is 14.0 Å². The molecule has 1 heterocycles. The zero-order chi connectivity index (χ0) is 10.2. The normalized spacial score (nSPS) is 10.1. The van der Waals surface area contributed by atoms with E-state index in [4.69, 9.17) is 11.6 Å². The van der Waals surface area contributed by atoms with Gasteiger partial charge in [-0.05, 0) is 18.5 Å². The average Bonchev–Trinajstić information content (AvgIpc) is 1.99. The Balaban J connectivity index is 3.53. The number of rotatable bonds is 1. The fourth-order valence-corrected chi connectivity index (χ4v) is 1.03. The van der Waals surface area contributed by atoms with E-state index in [1.165, 1.54) is 6.92 Å². The van der Waals surface area contributed by atoms with Crippen molar-refractivity contribution in [3.63, 3.8) is 0 Å². The van der Waals surface area contributed by atoms with Gasteiger partial charge in [-0.1, -0.05) is 0 Å². The minimum atomic E-state index is -1.19. The van der Waals surface area contributed by atoms with Crippen LogP contribution in [0.5, 0.6) is 0 Å². The summed E-state index contributed by atoms with van der Waals surface area (Å²) >= 11 is 5.38. The van der Waals surface area contributed by atoms with Crippen molar-refractivity contribution in [2.24, 2.45) is 0 Å². The molecule has 70 valence electrons. The Morgan fingerprint density at radius 1 is 1.69 bits per heavy atom. The van der Waals surface area contributed by atoms with Crippen molar-refractivity contribution in [1.29, 1.82) is 0 Å². The van der Waals surface area contributed by atoms with E-state index in [0.29, 0.717) is 6.20 Å². The lowest BCUT2D eigenvalue weighted by molar-refractivity contribution is -0.606. The predicted molar refractivity (Wildman–Crippen MR) is 41.8 cm³/mol. The first-order valence-corrected chi connectivity index (χ1v) is 3.55. The highest BCUT2D eigenvalue weighted by Crippen LogP contribution is 2.24. The number of nitro groups is 1. The Bertz CT molecular complexity index is 383. The van der Waals surface area contributed by atoms with Gasteiger partial charge in [0.2, 0.25) is 6.20 Å². The van der Waals surface area contributed by atoms with E-state index >= 15 is 0 Å². The van der Waals surface area contributed by atoms with Gasteiger partial charge in [-0.15, -0.1) is 0 Å². The average molecular weight is 207 g/mol. The van der Waals surface area contributed by atoms with E-state index in [2.05, 4.69) is 0 Å². The maximum Gasteiger partial charge on any atom is 0.321 e. The molecule has 0 aromatic carbocycles. The topological polar surface area (TPSA) is 70.1 Å². The minimum Gasteiger partial charge on any atom is -0.618 e. The first kappa shape index (κ1) is 9.66. The van der Waals surface area contributed by atoms with Crippen molar-refractivity contribution in [2.45, 2.75) is 6.92 Å². The minimum absolute atomic E-state index is 0.0409. The molecule has 0 saturated carbocycles. The van der Waals surface area contributed by atoms with Crippen LogP contribution in [0.2, 0.25) is 5.15 Å². The van der Waals surface area contributed by atoms with Crippen LogP contribution < -0.4 is 4.73 Å². The SMILES string of the molecule is Cc1c([N+](=O)[O-])c(F)c[n+]([O-])c1Cl. The monoisotopic (exact) mass is 206 g/mol. The summed E-state index contributed by atoms with van der Waals surface area (Å²) in [5.74, 6) is -1.19. The molecule has 0 unspecified atom stereocenters. The molecule has 0 atom stereocenters. The Kier molecular flexibility index (Phi) is 2.33. The number of pyridine rings is 1. The van der Waals surface area contributed by atoms with Gasteiger partial charge in [-0.3, -0.25) is 10.1 Å². The highest BCUT2D eigenvalue weighted by Gasteiger charge is 2.26. The molecule has 0 aliphatic heterocycles. The van der Waals surface area contributed by atoms with E-state index in [0.717, 1.165) is 0 Å². The second kappa shape index (κ2) is 3.14. The summed E-state index contributed by atoms with van der Waals surface area (Å²) in [7, 11) is 0. The van der Waals surface area contributed by atoms with Crippen LogP contribution >= 0.6 is 11.6 Å². The molecule has 0 aliphatic carbocycles. The molecule has 0 N–H and O–H groups in total. The number of hydrogen-bond donors (Lipinski definition) is 0. The van der Waals surface area contributed by atoms with Crippen LogP contribution in [0, 0.1) is 28.1 Å². The molecule has 0 bridgehead atoms. The highest BCUT2D eigenvalue weighted by molar-refractivity contribution is 6.29. The molecule has 0 amide bonds. The number of halogens is 2. The summed E-state index contributed by atoms with van der Waals surface area (Å²) in [4.78, 5) is 9.38. The second-order valence-electron chi connectivity index (χ2n) is 2.32. The Hall–Kier alpha value is -1.43. The Labute approximate surface area is 77.1 Å². The molecule has 7 heteroatoms. The Morgan fingerprint density at radius 3 is 2.69 bits per heavy atom. The quantitative estimate of drug-likeness (QED) is 0.229. The van der Waals surface area contributed by atoms with Crippen molar-refractivity contribution in [3.05, 3.63) is 38.1 Å². The van der Waals surface area contributed by atoms with Gasteiger partial charge in [0.1, 0.15) is 5.56 Å². The largest absolute Gasteiger partial charge is 0.618 e. The molecule has 1 aromatic rings. The smallest absolute Gasteiger partial charge is 0.321 e. The van der Waals surface area contributed by atoms with Gasteiger partial charge in [0.25, 0.3) is 11.0 Å². The third-order valence-corrected chi connectivity index (χ3v) is 1.95. The maximum atomic E-state index is 12.8. The third kappa shape index (κ3) is 1.52. The van der Waals surface area contributed by atoms with Gasteiger partial charge >= 0.3 is 5.69 Å².